The molecule has 142 valence electrons. The van der Waals surface area contributed by atoms with Crippen molar-refractivity contribution < 1.29 is 9.90 Å². The number of nitrogens with zero attached hydrogens (tertiary/aromatic N) is 4. The van der Waals surface area contributed by atoms with Crippen LogP contribution in [0.25, 0.3) is 5.69 Å². The molecule has 6 nitrogen and oxygen atoms in total. The number of likely N-dealkylation sites (N-methyl/N-ethyl adjacent to an activating group) is 1. The van der Waals surface area contributed by atoms with Gasteiger partial charge < -0.3 is 5.11 Å². The number of benzene rings is 1. The average molecular weight is 379 g/mol. The van der Waals surface area contributed by atoms with E-state index >= 15 is 0 Å². The topological polar surface area (TPSA) is 61.6 Å². The Balaban J connectivity index is 0.00000243. The largest absolute Gasteiger partial charge is 0.480 e. The second kappa shape index (κ2) is 9.71. The minimum absolute atomic E-state index is 0. The lowest BCUT2D eigenvalue weighted by atomic mass is 10.1. The maximum atomic E-state index is 10.9. The number of carboxylic acids is 1. The number of hydrogen-bond donors (Lipinski definition) is 1. The summed E-state index contributed by atoms with van der Waals surface area (Å²) in [6.45, 7) is 3.05. The van der Waals surface area contributed by atoms with E-state index in [2.05, 4.69) is 16.2 Å². The fourth-order valence-electron chi connectivity index (χ4n) is 3.50. The van der Waals surface area contributed by atoms with Gasteiger partial charge in [-0.15, -0.1) is 12.4 Å². The highest BCUT2D eigenvalue weighted by atomic mass is 35.5. The maximum absolute atomic E-state index is 10.9. The molecule has 0 aliphatic carbocycles. The molecule has 0 bridgehead atoms. The van der Waals surface area contributed by atoms with Crippen molar-refractivity contribution in [2.45, 2.75) is 31.8 Å². The van der Waals surface area contributed by atoms with Crippen LogP contribution in [-0.4, -0.2) is 63.4 Å². The van der Waals surface area contributed by atoms with E-state index in [1.807, 2.05) is 53.2 Å². The molecule has 1 fully saturated rings. The molecule has 1 atom stereocenters. The van der Waals surface area contributed by atoms with Crippen LogP contribution in [0.15, 0.2) is 42.7 Å². The second-order valence-electron chi connectivity index (χ2n) is 6.80. The van der Waals surface area contributed by atoms with Crippen molar-refractivity contribution in [3.63, 3.8) is 0 Å². The van der Waals surface area contributed by atoms with E-state index in [1.54, 1.807) is 0 Å². The Kier molecular flexibility index (Phi) is 7.63. The molecule has 0 saturated carbocycles. The minimum atomic E-state index is -0.753. The van der Waals surface area contributed by atoms with E-state index in [0.717, 1.165) is 44.6 Å². The lowest BCUT2D eigenvalue weighted by molar-refractivity contribution is -0.138. The summed E-state index contributed by atoms with van der Waals surface area (Å²) in [6.07, 6.45) is 7.20. The normalized spacial score (nSPS) is 18.3. The Morgan fingerprint density at radius 1 is 1.27 bits per heavy atom. The highest BCUT2D eigenvalue weighted by molar-refractivity contribution is 5.85. The predicted molar refractivity (Wildman–Crippen MR) is 104 cm³/mol. The molecule has 1 aromatic heterocycles. The Morgan fingerprint density at radius 2 is 2.04 bits per heavy atom. The lowest BCUT2D eigenvalue weighted by Crippen LogP contribution is -2.36. The van der Waals surface area contributed by atoms with Gasteiger partial charge >= 0.3 is 5.97 Å². The maximum Gasteiger partial charge on any atom is 0.317 e. The van der Waals surface area contributed by atoms with Gasteiger partial charge in [-0.2, -0.15) is 5.10 Å². The van der Waals surface area contributed by atoms with Crippen molar-refractivity contribution in [1.82, 2.24) is 19.6 Å². The van der Waals surface area contributed by atoms with Crippen LogP contribution in [0.5, 0.6) is 0 Å². The molecule has 1 aliphatic rings. The summed E-state index contributed by atoms with van der Waals surface area (Å²) in [7, 11) is 1.92. The van der Waals surface area contributed by atoms with E-state index in [4.69, 9.17) is 5.11 Å². The fourth-order valence-corrected chi connectivity index (χ4v) is 3.50. The van der Waals surface area contributed by atoms with Gasteiger partial charge in [0.05, 0.1) is 18.4 Å². The number of rotatable bonds is 6. The second-order valence-corrected chi connectivity index (χ2v) is 6.80. The Bertz CT molecular complexity index is 692. The Hall–Kier alpha value is -1.89. The van der Waals surface area contributed by atoms with Crippen LogP contribution in [0.4, 0.5) is 0 Å². The first-order valence-corrected chi connectivity index (χ1v) is 8.85. The summed E-state index contributed by atoms with van der Waals surface area (Å²) in [5.41, 5.74) is 2.28. The molecule has 7 heteroatoms. The van der Waals surface area contributed by atoms with E-state index < -0.39 is 5.97 Å². The van der Waals surface area contributed by atoms with Crippen LogP contribution in [0.1, 0.15) is 24.8 Å². The van der Waals surface area contributed by atoms with Crippen molar-refractivity contribution in [2.75, 3.05) is 26.7 Å². The van der Waals surface area contributed by atoms with Crippen LogP contribution in [0, 0.1) is 0 Å². The number of likely N-dealkylation sites (tertiary alicyclic amines) is 1. The number of hydrogen-bond acceptors (Lipinski definition) is 4. The smallest absolute Gasteiger partial charge is 0.317 e. The van der Waals surface area contributed by atoms with Gasteiger partial charge in [-0.25, -0.2) is 4.68 Å². The van der Waals surface area contributed by atoms with E-state index in [9.17, 15) is 4.79 Å². The van der Waals surface area contributed by atoms with Gasteiger partial charge in [-0.05, 0) is 51.5 Å². The monoisotopic (exact) mass is 378 g/mol. The lowest BCUT2D eigenvalue weighted by Gasteiger charge is -2.25. The van der Waals surface area contributed by atoms with Gasteiger partial charge in [-0.1, -0.05) is 18.2 Å². The zero-order valence-electron chi connectivity index (χ0n) is 15.1. The van der Waals surface area contributed by atoms with Crippen LogP contribution < -0.4 is 0 Å². The Morgan fingerprint density at radius 3 is 2.77 bits per heavy atom. The fraction of sp³-hybridized carbons (Fsp3) is 0.474. The summed E-state index contributed by atoms with van der Waals surface area (Å²) in [4.78, 5) is 15.3. The van der Waals surface area contributed by atoms with Crippen molar-refractivity contribution in [3.05, 3.63) is 48.3 Å². The highest BCUT2D eigenvalue weighted by Crippen LogP contribution is 2.18. The molecular formula is C19H27ClN4O2. The molecule has 1 saturated heterocycles. The predicted octanol–water partition coefficient (Wildman–Crippen LogP) is 2.67. The zero-order valence-corrected chi connectivity index (χ0v) is 15.9. The van der Waals surface area contributed by atoms with Gasteiger partial charge in [0.2, 0.25) is 0 Å². The summed E-state index contributed by atoms with van der Waals surface area (Å²) in [5.74, 6) is -0.753. The SMILES string of the molecule is CN(CC(=O)O)C1CCCN(Cc2cnn(-c3ccccc3)c2)CC1.Cl. The third kappa shape index (κ3) is 5.56. The third-order valence-electron chi connectivity index (χ3n) is 4.86. The Labute approximate surface area is 160 Å². The third-order valence-corrected chi connectivity index (χ3v) is 4.86. The standard InChI is InChI=1S/C19H26N4O2.ClH/c1-21(15-19(24)25)17-8-5-10-22(11-9-17)13-16-12-20-23(14-16)18-6-3-2-4-7-18;/h2-4,6-7,12,14,17H,5,8-11,13,15H2,1H3,(H,24,25);1H. The molecule has 1 aliphatic heterocycles. The summed E-state index contributed by atoms with van der Waals surface area (Å²) in [5, 5.41) is 13.4. The van der Waals surface area contributed by atoms with Crippen LogP contribution in [0.3, 0.4) is 0 Å². The van der Waals surface area contributed by atoms with Gasteiger partial charge in [-0.3, -0.25) is 14.6 Å². The van der Waals surface area contributed by atoms with Crippen molar-refractivity contribution in [2.24, 2.45) is 0 Å². The van der Waals surface area contributed by atoms with E-state index in [0.29, 0.717) is 6.04 Å². The van der Waals surface area contributed by atoms with Crippen molar-refractivity contribution in [1.29, 1.82) is 0 Å². The van der Waals surface area contributed by atoms with Crippen LogP contribution in [-0.2, 0) is 11.3 Å². The van der Waals surface area contributed by atoms with Crippen molar-refractivity contribution >= 4 is 18.4 Å². The molecular weight excluding hydrogens is 352 g/mol. The number of carbonyl (C=O) groups is 1. The molecule has 1 N–H and O–H groups in total. The van der Waals surface area contributed by atoms with E-state index in [1.165, 1.54) is 5.56 Å². The molecule has 0 amide bonds. The summed E-state index contributed by atoms with van der Waals surface area (Å²) < 4.78 is 1.91. The van der Waals surface area contributed by atoms with Gasteiger partial charge in [0.1, 0.15) is 0 Å². The molecule has 0 spiro atoms. The average Bonchev–Trinajstić information content (AvgIpc) is 2.93. The molecule has 3 rings (SSSR count). The quantitative estimate of drug-likeness (QED) is 0.837. The zero-order chi connectivity index (χ0) is 17.6. The summed E-state index contributed by atoms with van der Waals surface area (Å²) >= 11 is 0. The number of aromatic nitrogens is 2. The van der Waals surface area contributed by atoms with Gasteiger partial charge in [0.15, 0.2) is 0 Å². The molecule has 2 aromatic rings. The number of aliphatic carboxylic acids is 1. The first-order chi connectivity index (χ1) is 12.1. The molecule has 0 radical (unpaired) electrons. The number of para-hydroxylation sites is 1. The molecule has 2 heterocycles. The first kappa shape index (κ1) is 20.4. The van der Waals surface area contributed by atoms with Gasteiger partial charge in [0, 0.05) is 24.3 Å². The number of halogens is 1. The summed E-state index contributed by atoms with van der Waals surface area (Å²) in [6, 6.07) is 10.5. The highest BCUT2D eigenvalue weighted by Gasteiger charge is 2.21. The molecule has 26 heavy (non-hydrogen) atoms. The van der Waals surface area contributed by atoms with Crippen molar-refractivity contribution in [3.8, 4) is 5.69 Å². The molecule has 1 unspecified atom stereocenters. The van der Waals surface area contributed by atoms with Gasteiger partial charge in [0.25, 0.3) is 0 Å². The van der Waals surface area contributed by atoms with Crippen LogP contribution in [0.2, 0.25) is 0 Å². The minimum Gasteiger partial charge on any atom is -0.480 e. The van der Waals surface area contributed by atoms with Crippen LogP contribution >= 0.6 is 12.4 Å². The number of carboxylic acid groups (broad SMARTS) is 1. The molecule has 1 aromatic carbocycles. The van der Waals surface area contributed by atoms with E-state index in [-0.39, 0.29) is 19.0 Å². The first-order valence-electron chi connectivity index (χ1n) is 8.85.